The summed E-state index contributed by atoms with van der Waals surface area (Å²) in [6.45, 7) is 3.63. The predicted octanol–water partition coefficient (Wildman–Crippen LogP) is 2.54. The summed E-state index contributed by atoms with van der Waals surface area (Å²) < 4.78 is 5.31. The molecule has 1 aromatic rings. The number of allylic oxidation sites excluding steroid dienone is 1. The van der Waals surface area contributed by atoms with Crippen LogP contribution in [-0.4, -0.2) is 11.7 Å². The number of nitrogens with one attached hydrogen (secondary N) is 1. The van der Waals surface area contributed by atoms with Crippen LogP contribution in [0.2, 0.25) is 0 Å². The van der Waals surface area contributed by atoms with E-state index in [2.05, 4.69) is 18.0 Å². The average Bonchev–Trinajstić information content (AvgIpc) is 2.89. The Labute approximate surface area is 109 Å². The highest BCUT2D eigenvalue weighted by Crippen LogP contribution is 2.35. The van der Waals surface area contributed by atoms with Gasteiger partial charge >= 0.3 is 0 Å². The van der Waals surface area contributed by atoms with E-state index in [-0.39, 0.29) is 18.2 Å². The number of carbonyl (C=O) groups excluding carboxylic acids is 1. The molecule has 1 amide bonds. The fourth-order valence-electron chi connectivity index (χ4n) is 1.81. The monoisotopic (exact) mass is 260 g/mol. The summed E-state index contributed by atoms with van der Waals surface area (Å²) in [6, 6.07) is 5.72. The standard InChI is InChI=1S/C13H12N2O2S/c1-2-6-18-13-10(8-14)9(7-12(16)15-13)11-4-3-5-17-11/h2-5,9H,1,6-7H2,(H,15,16)/t9-/m0/s1. The molecule has 4 nitrogen and oxygen atoms in total. The van der Waals surface area contributed by atoms with Gasteiger partial charge in [0.05, 0.1) is 28.9 Å². The molecule has 5 heteroatoms. The molecule has 1 aromatic heterocycles. The highest BCUT2D eigenvalue weighted by Gasteiger charge is 2.30. The molecule has 1 aliphatic rings. The van der Waals surface area contributed by atoms with Crippen LogP contribution in [0.3, 0.4) is 0 Å². The minimum absolute atomic E-state index is 0.0954. The highest BCUT2D eigenvalue weighted by atomic mass is 32.2. The first-order valence-corrected chi connectivity index (χ1v) is 6.46. The van der Waals surface area contributed by atoms with Gasteiger partial charge < -0.3 is 9.73 Å². The number of rotatable bonds is 4. The largest absolute Gasteiger partial charge is 0.469 e. The Morgan fingerprint density at radius 3 is 3.17 bits per heavy atom. The number of carbonyl (C=O) groups is 1. The van der Waals surface area contributed by atoms with Crippen molar-refractivity contribution >= 4 is 17.7 Å². The molecule has 0 saturated carbocycles. The number of hydrogen-bond acceptors (Lipinski definition) is 4. The lowest BCUT2D eigenvalue weighted by Gasteiger charge is -2.22. The van der Waals surface area contributed by atoms with Crippen LogP contribution in [0.25, 0.3) is 0 Å². The molecule has 0 fully saturated rings. The van der Waals surface area contributed by atoms with Crippen LogP contribution < -0.4 is 5.32 Å². The van der Waals surface area contributed by atoms with E-state index < -0.39 is 0 Å². The first-order chi connectivity index (χ1) is 8.76. The van der Waals surface area contributed by atoms with Gasteiger partial charge in [-0.2, -0.15) is 5.26 Å². The minimum atomic E-state index is -0.286. The van der Waals surface area contributed by atoms with Gasteiger partial charge in [-0.3, -0.25) is 4.79 Å². The normalized spacial score (nSPS) is 19.3. The minimum Gasteiger partial charge on any atom is -0.469 e. The van der Waals surface area contributed by atoms with E-state index in [1.807, 2.05) is 0 Å². The van der Waals surface area contributed by atoms with Crippen molar-refractivity contribution in [3.05, 3.63) is 47.4 Å². The van der Waals surface area contributed by atoms with E-state index in [4.69, 9.17) is 4.42 Å². The van der Waals surface area contributed by atoms with Crippen molar-refractivity contribution in [1.29, 1.82) is 5.26 Å². The van der Waals surface area contributed by atoms with Crippen molar-refractivity contribution in [3.63, 3.8) is 0 Å². The fraction of sp³-hybridized carbons (Fsp3) is 0.231. The molecule has 0 radical (unpaired) electrons. The second-order valence-electron chi connectivity index (χ2n) is 3.77. The zero-order valence-electron chi connectivity index (χ0n) is 9.68. The van der Waals surface area contributed by atoms with Crippen LogP contribution in [0.15, 0.2) is 46.1 Å². The molecule has 2 heterocycles. The second-order valence-corrected chi connectivity index (χ2v) is 4.80. The molecule has 18 heavy (non-hydrogen) atoms. The maximum absolute atomic E-state index is 11.7. The molecule has 0 unspecified atom stereocenters. The third-order valence-corrected chi connectivity index (χ3v) is 3.60. The number of nitrogens with zero attached hydrogens (tertiary/aromatic N) is 1. The summed E-state index contributed by atoms with van der Waals surface area (Å²) in [5.41, 5.74) is 0.552. The first kappa shape index (κ1) is 12.5. The molecule has 0 aromatic carbocycles. The van der Waals surface area contributed by atoms with Crippen molar-refractivity contribution in [3.8, 4) is 6.07 Å². The van der Waals surface area contributed by atoms with Gasteiger partial charge in [0.1, 0.15) is 5.76 Å². The van der Waals surface area contributed by atoms with Gasteiger partial charge in [-0.15, -0.1) is 18.3 Å². The van der Waals surface area contributed by atoms with Crippen LogP contribution in [0.5, 0.6) is 0 Å². The predicted molar refractivity (Wildman–Crippen MR) is 69.5 cm³/mol. The summed E-state index contributed by atoms with van der Waals surface area (Å²) in [6.07, 6.45) is 3.53. The maximum atomic E-state index is 11.7. The Hall–Kier alpha value is -1.93. The molecule has 1 aliphatic heterocycles. The zero-order valence-corrected chi connectivity index (χ0v) is 10.5. The van der Waals surface area contributed by atoms with Gasteiger partial charge in [-0.05, 0) is 12.1 Å². The molecule has 0 bridgehead atoms. The molecule has 2 rings (SSSR count). The van der Waals surface area contributed by atoms with Gasteiger partial charge in [-0.1, -0.05) is 6.08 Å². The highest BCUT2D eigenvalue weighted by molar-refractivity contribution is 8.03. The molecular formula is C13H12N2O2S. The average molecular weight is 260 g/mol. The van der Waals surface area contributed by atoms with Crippen LogP contribution in [0.4, 0.5) is 0 Å². The van der Waals surface area contributed by atoms with Crippen molar-refractivity contribution in [2.24, 2.45) is 0 Å². The van der Waals surface area contributed by atoms with Crippen LogP contribution in [0.1, 0.15) is 18.1 Å². The number of thioether (sulfide) groups is 1. The lowest BCUT2D eigenvalue weighted by atomic mass is 9.92. The van der Waals surface area contributed by atoms with E-state index in [1.165, 1.54) is 11.8 Å². The molecule has 0 spiro atoms. The molecular weight excluding hydrogens is 248 g/mol. The first-order valence-electron chi connectivity index (χ1n) is 5.47. The van der Waals surface area contributed by atoms with Gasteiger partial charge in [-0.25, -0.2) is 0 Å². The van der Waals surface area contributed by atoms with Crippen LogP contribution >= 0.6 is 11.8 Å². The van der Waals surface area contributed by atoms with E-state index in [0.29, 0.717) is 22.1 Å². The summed E-state index contributed by atoms with van der Waals surface area (Å²) in [4.78, 5) is 11.7. The number of furan rings is 1. The van der Waals surface area contributed by atoms with Gasteiger partial charge in [0.25, 0.3) is 0 Å². The van der Waals surface area contributed by atoms with Crippen molar-refractivity contribution in [2.45, 2.75) is 12.3 Å². The Bertz CT molecular complexity index is 526. The summed E-state index contributed by atoms with van der Waals surface area (Å²) in [7, 11) is 0. The Balaban J connectivity index is 2.36. The van der Waals surface area contributed by atoms with E-state index >= 15 is 0 Å². The summed E-state index contributed by atoms with van der Waals surface area (Å²) >= 11 is 1.40. The molecule has 0 aliphatic carbocycles. The number of hydrogen-bond donors (Lipinski definition) is 1. The third kappa shape index (κ3) is 2.49. The summed E-state index contributed by atoms with van der Waals surface area (Å²) in [5.74, 6) is 0.914. The fourth-order valence-corrected chi connectivity index (χ4v) is 2.62. The maximum Gasteiger partial charge on any atom is 0.225 e. The molecule has 0 saturated heterocycles. The van der Waals surface area contributed by atoms with E-state index in [9.17, 15) is 10.1 Å². The lowest BCUT2D eigenvalue weighted by molar-refractivity contribution is -0.120. The SMILES string of the molecule is C=CCSC1=C(C#N)[C@@H](c2ccco2)CC(=O)N1. The lowest BCUT2D eigenvalue weighted by Crippen LogP contribution is -2.30. The topological polar surface area (TPSA) is 66.0 Å². The second kappa shape index (κ2) is 5.61. The quantitative estimate of drug-likeness (QED) is 0.845. The molecule has 1 N–H and O–H groups in total. The van der Waals surface area contributed by atoms with Crippen LogP contribution in [0, 0.1) is 11.3 Å². The number of amides is 1. The Kier molecular flexibility index (Phi) is 3.90. The van der Waals surface area contributed by atoms with Crippen LogP contribution in [-0.2, 0) is 4.79 Å². The van der Waals surface area contributed by atoms with Crippen molar-refractivity contribution < 1.29 is 9.21 Å². The van der Waals surface area contributed by atoms with E-state index in [1.54, 1.807) is 24.5 Å². The molecule has 1 atom stereocenters. The Morgan fingerprint density at radius 1 is 1.72 bits per heavy atom. The van der Waals surface area contributed by atoms with Gasteiger partial charge in [0.2, 0.25) is 5.91 Å². The zero-order chi connectivity index (χ0) is 13.0. The third-order valence-electron chi connectivity index (χ3n) is 2.59. The van der Waals surface area contributed by atoms with Crippen molar-refractivity contribution in [2.75, 3.05) is 5.75 Å². The van der Waals surface area contributed by atoms with Gasteiger partial charge in [0, 0.05) is 12.2 Å². The summed E-state index contributed by atoms with van der Waals surface area (Å²) in [5, 5.41) is 12.6. The smallest absolute Gasteiger partial charge is 0.225 e. The van der Waals surface area contributed by atoms with Gasteiger partial charge in [0.15, 0.2) is 0 Å². The Morgan fingerprint density at radius 2 is 2.56 bits per heavy atom. The van der Waals surface area contributed by atoms with E-state index in [0.717, 1.165) is 0 Å². The van der Waals surface area contributed by atoms with Crippen molar-refractivity contribution in [1.82, 2.24) is 5.32 Å². The molecule has 92 valence electrons. The number of nitriles is 1.